The second-order valence-electron chi connectivity index (χ2n) is 6.09. The van der Waals surface area contributed by atoms with Crippen molar-refractivity contribution in [2.75, 3.05) is 12.8 Å². The Kier molecular flexibility index (Phi) is 3.94. The van der Waals surface area contributed by atoms with Gasteiger partial charge in [-0.2, -0.15) is 0 Å². The highest BCUT2D eigenvalue weighted by atomic mass is 31.2. The van der Waals surface area contributed by atoms with Crippen molar-refractivity contribution in [1.82, 2.24) is 0 Å². The van der Waals surface area contributed by atoms with E-state index in [9.17, 15) is 0 Å². The number of rotatable bonds is 3. The largest absolute Gasteiger partial charge is 0.0950 e. The van der Waals surface area contributed by atoms with Gasteiger partial charge in [0, 0.05) is 7.26 Å². The van der Waals surface area contributed by atoms with Gasteiger partial charge in [0.15, 0.2) is 0 Å². The van der Waals surface area contributed by atoms with Gasteiger partial charge in [0.1, 0.15) is 0 Å². The fourth-order valence-electron chi connectivity index (χ4n) is 3.93. The molecule has 0 aliphatic carbocycles. The minimum atomic E-state index is -0.965. The van der Waals surface area contributed by atoms with Gasteiger partial charge in [-0.15, -0.1) is 0 Å². The molecule has 1 saturated heterocycles. The van der Waals surface area contributed by atoms with E-state index in [2.05, 4.69) is 74.3 Å². The first-order chi connectivity index (χ1) is 9.75. The predicted octanol–water partition coefficient (Wildman–Crippen LogP) is 5.93. The van der Waals surface area contributed by atoms with Crippen LogP contribution in [-0.4, -0.2) is 12.8 Å². The molecule has 2 aromatic rings. The van der Waals surface area contributed by atoms with Crippen molar-refractivity contribution in [3.05, 3.63) is 71.8 Å². The highest BCUT2D eigenvalue weighted by Gasteiger charge is 2.52. The van der Waals surface area contributed by atoms with Crippen molar-refractivity contribution in [2.24, 2.45) is 0 Å². The summed E-state index contributed by atoms with van der Waals surface area (Å²) >= 11 is 0. The molecule has 104 valence electrons. The Balaban J connectivity index is 1.97. The highest BCUT2D eigenvalue weighted by Crippen LogP contribution is 2.82. The SMILES string of the molecule is CC[P+]1(C)[C@H](c2ccccc2)CC[C@H]1c1ccccc1. The molecule has 0 unspecified atom stereocenters. The minimum absolute atomic E-state index is 0.805. The molecular weight excluding hydrogens is 259 g/mol. The van der Waals surface area contributed by atoms with Gasteiger partial charge >= 0.3 is 0 Å². The van der Waals surface area contributed by atoms with Gasteiger partial charge in [-0.05, 0) is 30.9 Å². The molecule has 0 N–H and O–H groups in total. The molecule has 0 bridgehead atoms. The zero-order chi connectivity index (χ0) is 14.0. The first kappa shape index (κ1) is 13.8. The second kappa shape index (κ2) is 5.70. The van der Waals surface area contributed by atoms with Crippen LogP contribution < -0.4 is 0 Å². The molecular formula is C19H24P+. The molecule has 1 aliphatic heterocycles. The number of benzene rings is 2. The van der Waals surface area contributed by atoms with Gasteiger partial charge in [0.25, 0.3) is 0 Å². The zero-order valence-corrected chi connectivity index (χ0v) is 13.4. The molecule has 0 amide bonds. The molecule has 1 aliphatic rings. The van der Waals surface area contributed by atoms with E-state index in [1.165, 1.54) is 19.0 Å². The van der Waals surface area contributed by atoms with Crippen LogP contribution in [0.15, 0.2) is 60.7 Å². The van der Waals surface area contributed by atoms with Crippen LogP contribution in [-0.2, 0) is 0 Å². The first-order valence-corrected chi connectivity index (χ1v) is 10.3. The van der Waals surface area contributed by atoms with E-state index in [1.54, 1.807) is 11.1 Å². The molecule has 1 fully saturated rings. The van der Waals surface area contributed by atoms with Gasteiger partial charge < -0.3 is 0 Å². The summed E-state index contributed by atoms with van der Waals surface area (Å²) in [5.74, 6) is 0. The van der Waals surface area contributed by atoms with Crippen molar-refractivity contribution in [3.8, 4) is 0 Å². The van der Waals surface area contributed by atoms with Gasteiger partial charge in [0.05, 0.1) is 24.1 Å². The van der Waals surface area contributed by atoms with Crippen molar-refractivity contribution < 1.29 is 0 Å². The summed E-state index contributed by atoms with van der Waals surface area (Å²) in [6.07, 6.45) is 4.08. The maximum Gasteiger partial charge on any atom is 0.0950 e. The van der Waals surface area contributed by atoms with Crippen molar-refractivity contribution in [2.45, 2.75) is 31.1 Å². The molecule has 0 aromatic heterocycles. The molecule has 20 heavy (non-hydrogen) atoms. The molecule has 2 atom stereocenters. The summed E-state index contributed by atoms with van der Waals surface area (Å²) in [7, 11) is -0.965. The van der Waals surface area contributed by atoms with Gasteiger partial charge in [0.2, 0.25) is 0 Å². The van der Waals surface area contributed by atoms with E-state index in [1.807, 2.05) is 0 Å². The van der Waals surface area contributed by atoms with Gasteiger partial charge in [-0.3, -0.25) is 0 Å². The predicted molar refractivity (Wildman–Crippen MR) is 91.0 cm³/mol. The molecule has 0 spiro atoms. The van der Waals surface area contributed by atoms with Crippen LogP contribution in [0.5, 0.6) is 0 Å². The Bertz CT molecular complexity index is 499. The summed E-state index contributed by atoms with van der Waals surface area (Å²) in [5, 5.41) is 0. The lowest BCUT2D eigenvalue weighted by Gasteiger charge is -2.30. The highest BCUT2D eigenvalue weighted by molar-refractivity contribution is 7.76. The molecule has 3 rings (SSSR count). The second-order valence-corrected chi connectivity index (χ2v) is 10.7. The van der Waals surface area contributed by atoms with Gasteiger partial charge in [-0.1, -0.05) is 60.7 Å². The van der Waals surface area contributed by atoms with E-state index >= 15 is 0 Å². The molecule has 2 aromatic carbocycles. The van der Waals surface area contributed by atoms with E-state index in [4.69, 9.17) is 0 Å². The average molecular weight is 283 g/mol. The van der Waals surface area contributed by atoms with Crippen LogP contribution >= 0.6 is 7.26 Å². The zero-order valence-electron chi connectivity index (χ0n) is 12.5. The Morgan fingerprint density at radius 2 is 1.20 bits per heavy atom. The third-order valence-electron chi connectivity index (χ3n) is 5.19. The lowest BCUT2D eigenvalue weighted by molar-refractivity contribution is 0.765. The van der Waals surface area contributed by atoms with Gasteiger partial charge in [-0.25, -0.2) is 0 Å². The topological polar surface area (TPSA) is 0 Å². The monoisotopic (exact) mass is 283 g/mol. The normalized spacial score (nSPS) is 24.7. The number of hydrogen-bond acceptors (Lipinski definition) is 0. The van der Waals surface area contributed by atoms with E-state index in [0.29, 0.717) is 0 Å². The molecule has 1 heterocycles. The van der Waals surface area contributed by atoms with Crippen LogP contribution in [0.2, 0.25) is 0 Å². The van der Waals surface area contributed by atoms with Crippen LogP contribution in [0.4, 0.5) is 0 Å². The van der Waals surface area contributed by atoms with E-state index < -0.39 is 7.26 Å². The maximum atomic E-state index is 2.61. The third-order valence-corrected chi connectivity index (χ3v) is 10.5. The first-order valence-electron chi connectivity index (χ1n) is 7.70. The van der Waals surface area contributed by atoms with Crippen molar-refractivity contribution >= 4 is 7.26 Å². The summed E-state index contributed by atoms with van der Waals surface area (Å²) in [6, 6.07) is 22.4. The fraction of sp³-hybridized carbons (Fsp3) is 0.368. The van der Waals surface area contributed by atoms with Crippen LogP contribution in [0.1, 0.15) is 42.2 Å². The van der Waals surface area contributed by atoms with Crippen LogP contribution in [0.25, 0.3) is 0 Å². The Morgan fingerprint density at radius 1 is 0.800 bits per heavy atom. The summed E-state index contributed by atoms with van der Waals surface area (Å²) < 4.78 is 0. The molecule has 0 saturated carbocycles. The fourth-order valence-corrected chi connectivity index (χ4v) is 8.43. The van der Waals surface area contributed by atoms with E-state index in [0.717, 1.165) is 11.3 Å². The summed E-state index contributed by atoms with van der Waals surface area (Å²) in [5.41, 5.74) is 4.75. The van der Waals surface area contributed by atoms with Crippen molar-refractivity contribution in [1.29, 1.82) is 0 Å². The Morgan fingerprint density at radius 3 is 1.55 bits per heavy atom. The van der Waals surface area contributed by atoms with Crippen LogP contribution in [0, 0.1) is 0 Å². The third kappa shape index (κ3) is 2.31. The molecule has 0 nitrogen and oxygen atoms in total. The Labute approximate surface area is 123 Å². The van der Waals surface area contributed by atoms with Crippen LogP contribution in [0.3, 0.4) is 0 Å². The summed E-state index contributed by atoms with van der Waals surface area (Å²) in [4.78, 5) is 0. The lowest BCUT2D eigenvalue weighted by atomic mass is 10.0. The molecule has 1 heteroatoms. The summed E-state index contributed by atoms with van der Waals surface area (Å²) in [6.45, 7) is 5.01. The standard InChI is InChI=1S/C19H24P/c1-3-20(2)18(16-10-6-4-7-11-16)14-15-19(20)17-12-8-5-9-13-17/h4-13,18-19H,3,14-15H2,1-2H3/q+1/t18-,19-/m0/s1. The van der Waals surface area contributed by atoms with E-state index in [-0.39, 0.29) is 0 Å². The smallest absolute Gasteiger partial charge is 0.0622 e. The van der Waals surface area contributed by atoms with Crippen molar-refractivity contribution in [3.63, 3.8) is 0 Å². The minimum Gasteiger partial charge on any atom is -0.0622 e. The Hall–Kier alpha value is -1.13. The molecule has 0 radical (unpaired) electrons. The lowest BCUT2D eigenvalue weighted by Crippen LogP contribution is -2.06. The average Bonchev–Trinajstić information content (AvgIpc) is 2.87. The number of hydrogen-bond donors (Lipinski definition) is 0. The quantitative estimate of drug-likeness (QED) is 0.612. The maximum absolute atomic E-state index is 2.61.